The molecule has 128 valence electrons. The normalized spacial score (nSPS) is 16.6. The molecule has 0 unspecified atom stereocenters. The Kier molecular flexibility index (Phi) is 4.05. The maximum atomic E-state index is 5.23. The number of ether oxygens (including phenoxy) is 1. The van der Waals surface area contributed by atoms with E-state index in [0.717, 1.165) is 30.4 Å². The number of aryl methyl sites for hydroxylation is 1. The average molecular weight is 336 g/mol. The first-order valence-electron chi connectivity index (χ1n) is 8.30. The Labute approximate surface area is 146 Å². The van der Waals surface area contributed by atoms with Crippen molar-refractivity contribution in [3.8, 4) is 5.88 Å². The van der Waals surface area contributed by atoms with E-state index in [-0.39, 0.29) is 6.04 Å². The van der Waals surface area contributed by atoms with Gasteiger partial charge >= 0.3 is 0 Å². The highest BCUT2D eigenvalue weighted by Crippen LogP contribution is 2.28. The van der Waals surface area contributed by atoms with Crippen LogP contribution in [0.1, 0.15) is 23.3 Å². The molecule has 7 nitrogen and oxygen atoms in total. The van der Waals surface area contributed by atoms with Crippen molar-refractivity contribution in [2.24, 2.45) is 0 Å². The molecule has 0 saturated heterocycles. The Hall–Kier alpha value is -2.96. The van der Waals surface area contributed by atoms with Crippen LogP contribution in [0.5, 0.6) is 5.88 Å². The molecule has 1 aliphatic rings. The number of methoxy groups -OCH3 is 1. The zero-order valence-corrected chi connectivity index (χ0v) is 14.3. The van der Waals surface area contributed by atoms with Gasteiger partial charge < -0.3 is 14.2 Å². The van der Waals surface area contributed by atoms with Crippen LogP contribution in [0, 0.1) is 6.92 Å². The van der Waals surface area contributed by atoms with Crippen LogP contribution in [0.4, 0.5) is 5.82 Å². The molecule has 0 N–H and O–H groups in total. The van der Waals surface area contributed by atoms with Gasteiger partial charge in [0.15, 0.2) is 5.82 Å². The lowest BCUT2D eigenvalue weighted by atomic mass is 10.0. The first-order chi connectivity index (χ1) is 12.2. The summed E-state index contributed by atoms with van der Waals surface area (Å²) in [5, 5.41) is 8.64. The molecule has 7 heteroatoms. The third-order valence-corrected chi connectivity index (χ3v) is 4.54. The van der Waals surface area contributed by atoms with Crippen LogP contribution in [-0.4, -0.2) is 38.4 Å². The van der Waals surface area contributed by atoms with E-state index in [1.807, 2.05) is 19.1 Å². The molecule has 0 radical (unpaired) electrons. The second-order valence-electron chi connectivity index (χ2n) is 6.18. The van der Waals surface area contributed by atoms with E-state index < -0.39 is 0 Å². The van der Waals surface area contributed by atoms with E-state index in [1.165, 1.54) is 11.9 Å². The van der Waals surface area contributed by atoms with Gasteiger partial charge in [-0.1, -0.05) is 30.3 Å². The molecule has 3 aromatic rings. The fourth-order valence-corrected chi connectivity index (χ4v) is 3.40. The summed E-state index contributed by atoms with van der Waals surface area (Å²) in [6, 6.07) is 12.6. The Morgan fingerprint density at radius 2 is 2.00 bits per heavy atom. The quantitative estimate of drug-likeness (QED) is 0.727. The molecule has 25 heavy (non-hydrogen) atoms. The van der Waals surface area contributed by atoms with Crippen LogP contribution >= 0.6 is 0 Å². The molecule has 1 aliphatic heterocycles. The average Bonchev–Trinajstić information content (AvgIpc) is 3.04. The number of hydrogen-bond acceptors (Lipinski definition) is 6. The summed E-state index contributed by atoms with van der Waals surface area (Å²) in [6.45, 7) is 3.52. The van der Waals surface area contributed by atoms with Crippen molar-refractivity contribution in [2.75, 3.05) is 18.6 Å². The first-order valence-corrected chi connectivity index (χ1v) is 8.30. The van der Waals surface area contributed by atoms with Crippen LogP contribution < -0.4 is 9.64 Å². The Balaban J connectivity index is 1.66. The lowest BCUT2D eigenvalue weighted by Crippen LogP contribution is -2.39. The topological polar surface area (TPSA) is 69.0 Å². The Bertz CT molecular complexity index is 863. The molecular weight excluding hydrogens is 316 g/mol. The van der Waals surface area contributed by atoms with Gasteiger partial charge in [0, 0.05) is 12.6 Å². The van der Waals surface area contributed by atoms with Crippen LogP contribution in [0.2, 0.25) is 0 Å². The lowest BCUT2D eigenvalue weighted by Gasteiger charge is -2.35. The van der Waals surface area contributed by atoms with E-state index in [9.17, 15) is 0 Å². The molecule has 1 aromatic carbocycles. The van der Waals surface area contributed by atoms with Crippen LogP contribution in [0.25, 0.3) is 0 Å². The Morgan fingerprint density at radius 3 is 2.80 bits per heavy atom. The van der Waals surface area contributed by atoms with Crippen molar-refractivity contribution in [3.05, 3.63) is 59.9 Å². The van der Waals surface area contributed by atoms with Gasteiger partial charge in [-0.05, 0) is 18.9 Å². The molecule has 3 heterocycles. The smallest absolute Gasteiger partial charge is 0.218 e. The van der Waals surface area contributed by atoms with Crippen LogP contribution in [0.15, 0.2) is 42.7 Å². The molecule has 0 amide bonds. The maximum absolute atomic E-state index is 5.23. The molecule has 0 fully saturated rings. The summed E-state index contributed by atoms with van der Waals surface area (Å²) in [5.74, 6) is 3.32. The molecule has 0 saturated carbocycles. The molecule has 0 aliphatic carbocycles. The minimum Gasteiger partial charge on any atom is -0.481 e. The van der Waals surface area contributed by atoms with E-state index in [1.54, 1.807) is 7.11 Å². The van der Waals surface area contributed by atoms with Crippen molar-refractivity contribution in [1.82, 2.24) is 24.7 Å². The van der Waals surface area contributed by atoms with Crippen LogP contribution in [-0.2, 0) is 13.0 Å². The lowest BCUT2D eigenvalue weighted by molar-refractivity contribution is 0.394. The summed E-state index contributed by atoms with van der Waals surface area (Å²) in [4.78, 5) is 10.7. The van der Waals surface area contributed by atoms with E-state index >= 15 is 0 Å². The first kappa shape index (κ1) is 15.6. The van der Waals surface area contributed by atoms with Crippen molar-refractivity contribution >= 4 is 5.82 Å². The zero-order chi connectivity index (χ0) is 17.2. The number of nitrogens with zero attached hydrogens (tertiary/aromatic N) is 6. The van der Waals surface area contributed by atoms with Crippen molar-refractivity contribution in [2.45, 2.75) is 25.9 Å². The van der Waals surface area contributed by atoms with Gasteiger partial charge in [0.2, 0.25) is 5.88 Å². The second-order valence-corrected chi connectivity index (χ2v) is 6.18. The van der Waals surface area contributed by atoms with Gasteiger partial charge in [0.1, 0.15) is 18.0 Å². The summed E-state index contributed by atoms with van der Waals surface area (Å²) < 4.78 is 7.48. The molecule has 1 atom stereocenters. The summed E-state index contributed by atoms with van der Waals surface area (Å²) in [6.07, 6.45) is 2.45. The largest absolute Gasteiger partial charge is 0.481 e. The zero-order valence-electron chi connectivity index (χ0n) is 14.3. The maximum Gasteiger partial charge on any atom is 0.218 e. The van der Waals surface area contributed by atoms with Gasteiger partial charge in [-0.15, -0.1) is 10.2 Å². The number of benzene rings is 1. The van der Waals surface area contributed by atoms with Crippen LogP contribution in [0.3, 0.4) is 0 Å². The summed E-state index contributed by atoms with van der Waals surface area (Å²) in [7, 11) is 1.61. The highest BCUT2D eigenvalue weighted by molar-refractivity contribution is 5.42. The van der Waals surface area contributed by atoms with Gasteiger partial charge in [0.05, 0.1) is 19.7 Å². The fourth-order valence-electron chi connectivity index (χ4n) is 3.40. The van der Waals surface area contributed by atoms with Gasteiger partial charge in [-0.25, -0.2) is 9.97 Å². The highest BCUT2D eigenvalue weighted by atomic mass is 16.5. The number of fused-ring (bicyclic) bond motifs is 1. The van der Waals surface area contributed by atoms with Gasteiger partial charge in [-0.2, -0.15) is 0 Å². The SMILES string of the molecule is COc1cc(N2Cc3nnc(C)n3[C@H](Cc3ccccc3)C2)ncn1. The minimum absolute atomic E-state index is 0.252. The Morgan fingerprint density at radius 1 is 1.16 bits per heavy atom. The van der Waals surface area contributed by atoms with Crippen molar-refractivity contribution in [3.63, 3.8) is 0 Å². The van der Waals surface area contributed by atoms with E-state index in [2.05, 4.69) is 53.9 Å². The minimum atomic E-state index is 0.252. The number of aromatic nitrogens is 5. The molecule has 0 bridgehead atoms. The second kappa shape index (κ2) is 6.51. The molecular formula is C18H20N6O. The molecule has 0 spiro atoms. The number of anilines is 1. The number of hydrogen-bond donors (Lipinski definition) is 0. The van der Waals surface area contributed by atoms with Crippen molar-refractivity contribution in [1.29, 1.82) is 0 Å². The van der Waals surface area contributed by atoms with Crippen molar-refractivity contribution < 1.29 is 4.74 Å². The number of rotatable bonds is 4. The fraction of sp³-hybridized carbons (Fsp3) is 0.333. The third-order valence-electron chi connectivity index (χ3n) is 4.54. The standard InChI is InChI=1S/C18H20N6O/c1-13-21-22-17-11-23(16-9-18(25-2)20-12-19-16)10-15(24(13)17)8-14-6-4-3-5-7-14/h3-7,9,12,15H,8,10-11H2,1-2H3/t15-/m1/s1. The van der Waals surface area contributed by atoms with E-state index in [4.69, 9.17) is 4.74 Å². The predicted molar refractivity (Wildman–Crippen MR) is 93.6 cm³/mol. The molecule has 2 aromatic heterocycles. The third kappa shape index (κ3) is 3.05. The monoisotopic (exact) mass is 336 g/mol. The summed E-state index contributed by atoms with van der Waals surface area (Å²) >= 11 is 0. The predicted octanol–water partition coefficient (Wildman–Crippen LogP) is 2.19. The summed E-state index contributed by atoms with van der Waals surface area (Å²) in [5.41, 5.74) is 1.30. The van der Waals surface area contributed by atoms with Gasteiger partial charge in [-0.3, -0.25) is 0 Å². The van der Waals surface area contributed by atoms with E-state index in [0.29, 0.717) is 12.4 Å². The highest BCUT2D eigenvalue weighted by Gasteiger charge is 2.29. The molecule has 4 rings (SSSR count). The van der Waals surface area contributed by atoms with Gasteiger partial charge in [0.25, 0.3) is 0 Å².